The molecule has 1 heterocycles. The molecule has 6 nitrogen and oxygen atoms in total. The van der Waals surface area contributed by atoms with E-state index < -0.39 is 0 Å². The van der Waals surface area contributed by atoms with Gasteiger partial charge < -0.3 is 14.8 Å². The minimum absolute atomic E-state index is 0.109. The molecule has 0 saturated heterocycles. The monoisotopic (exact) mass is 368 g/mol. The van der Waals surface area contributed by atoms with Gasteiger partial charge in [0, 0.05) is 23.7 Å². The third-order valence-electron chi connectivity index (χ3n) is 4.66. The lowest BCUT2D eigenvalue weighted by Gasteiger charge is -2.18. The lowest BCUT2D eigenvalue weighted by atomic mass is 10.1. The topological polar surface area (TPSA) is 67.9 Å². The number of hydrogen-bond acceptors (Lipinski definition) is 5. The number of hydrogen-bond donors (Lipinski definition) is 1. The normalized spacial score (nSPS) is 12.3. The molecule has 6 heteroatoms. The average Bonchev–Trinajstić information content (AvgIpc) is 3.13. The number of ketones is 1. The number of carbonyl (C=O) groups excluding carboxylic acids is 2. The fraction of sp³-hybridized carbons (Fsp3) is 0.333. The highest BCUT2D eigenvalue weighted by Crippen LogP contribution is 2.37. The van der Waals surface area contributed by atoms with Crippen LogP contribution < -0.4 is 14.8 Å². The lowest BCUT2D eigenvalue weighted by Crippen LogP contribution is -2.22. The van der Waals surface area contributed by atoms with Crippen molar-refractivity contribution >= 4 is 17.4 Å². The summed E-state index contributed by atoms with van der Waals surface area (Å²) < 4.78 is 10.7. The van der Waals surface area contributed by atoms with E-state index in [2.05, 4.69) is 24.1 Å². The van der Waals surface area contributed by atoms with E-state index in [9.17, 15) is 9.59 Å². The summed E-state index contributed by atoms with van der Waals surface area (Å²) >= 11 is 0. The van der Waals surface area contributed by atoms with Crippen LogP contribution in [0.25, 0.3) is 0 Å². The van der Waals surface area contributed by atoms with E-state index >= 15 is 0 Å². The Morgan fingerprint density at radius 1 is 1.04 bits per heavy atom. The molecule has 3 rings (SSSR count). The summed E-state index contributed by atoms with van der Waals surface area (Å²) in [6, 6.07) is 10.7. The number of amides is 1. The molecule has 0 bridgehead atoms. The number of fused-ring (bicyclic) bond motifs is 1. The minimum atomic E-state index is -0.272. The van der Waals surface area contributed by atoms with E-state index in [1.54, 1.807) is 24.3 Å². The molecule has 142 valence electrons. The fourth-order valence-electron chi connectivity index (χ4n) is 3.00. The Morgan fingerprint density at radius 2 is 1.67 bits per heavy atom. The number of Topliss-reactive ketones (excluding diaryl/α,β-unsaturated/α-hetero) is 1. The molecule has 1 aliphatic rings. The van der Waals surface area contributed by atoms with Gasteiger partial charge in [-0.3, -0.25) is 14.5 Å². The highest BCUT2D eigenvalue weighted by molar-refractivity contribution is 6.09. The Kier molecular flexibility index (Phi) is 5.76. The highest BCUT2D eigenvalue weighted by Gasteiger charge is 2.20. The van der Waals surface area contributed by atoms with Gasteiger partial charge >= 0.3 is 0 Å². The predicted molar refractivity (Wildman–Crippen MR) is 104 cm³/mol. The zero-order chi connectivity index (χ0) is 19.4. The fourth-order valence-corrected chi connectivity index (χ4v) is 3.00. The second kappa shape index (κ2) is 8.22. The van der Waals surface area contributed by atoms with Crippen LogP contribution in [-0.4, -0.2) is 36.5 Å². The molecule has 0 aromatic heterocycles. The SMILES string of the molecule is CCN(CC)Cc1ccc(C(=O)Nc2cc3c(cc2C(C)=O)OCO3)cc1. The largest absolute Gasteiger partial charge is 0.454 e. The summed E-state index contributed by atoms with van der Waals surface area (Å²) in [7, 11) is 0. The van der Waals surface area contributed by atoms with Gasteiger partial charge in [-0.05, 0) is 43.8 Å². The van der Waals surface area contributed by atoms with Gasteiger partial charge in [-0.25, -0.2) is 0 Å². The molecule has 1 aliphatic heterocycles. The van der Waals surface area contributed by atoms with Crippen LogP contribution in [0.15, 0.2) is 36.4 Å². The average molecular weight is 368 g/mol. The van der Waals surface area contributed by atoms with Gasteiger partial charge in [0.05, 0.1) is 5.69 Å². The van der Waals surface area contributed by atoms with Crippen LogP contribution >= 0.6 is 0 Å². The van der Waals surface area contributed by atoms with Gasteiger partial charge in [0.25, 0.3) is 5.91 Å². The predicted octanol–water partition coefficient (Wildman–Crippen LogP) is 3.71. The Morgan fingerprint density at radius 3 is 2.26 bits per heavy atom. The highest BCUT2D eigenvalue weighted by atomic mass is 16.7. The molecule has 2 aromatic rings. The summed E-state index contributed by atoms with van der Waals surface area (Å²) in [6.45, 7) is 8.64. The Hall–Kier alpha value is -2.86. The second-order valence-electron chi connectivity index (χ2n) is 6.42. The summed E-state index contributed by atoms with van der Waals surface area (Å²) in [6.07, 6.45) is 0. The molecule has 1 amide bonds. The summed E-state index contributed by atoms with van der Waals surface area (Å²) in [5.41, 5.74) is 2.50. The van der Waals surface area contributed by atoms with E-state index in [0.717, 1.165) is 25.2 Å². The molecule has 0 atom stereocenters. The maximum Gasteiger partial charge on any atom is 0.255 e. The van der Waals surface area contributed by atoms with E-state index in [1.165, 1.54) is 6.92 Å². The zero-order valence-electron chi connectivity index (χ0n) is 15.9. The van der Waals surface area contributed by atoms with Crippen LogP contribution in [0, 0.1) is 0 Å². The van der Waals surface area contributed by atoms with Crippen molar-refractivity contribution in [1.29, 1.82) is 0 Å². The van der Waals surface area contributed by atoms with Crippen molar-refractivity contribution in [1.82, 2.24) is 4.90 Å². The van der Waals surface area contributed by atoms with Crippen LogP contribution in [-0.2, 0) is 6.54 Å². The van der Waals surface area contributed by atoms with E-state index in [4.69, 9.17) is 9.47 Å². The van der Waals surface area contributed by atoms with Crippen molar-refractivity contribution in [2.75, 3.05) is 25.2 Å². The van der Waals surface area contributed by atoms with Crippen LogP contribution in [0.4, 0.5) is 5.69 Å². The van der Waals surface area contributed by atoms with Gasteiger partial charge in [-0.15, -0.1) is 0 Å². The molecule has 1 N–H and O–H groups in total. The van der Waals surface area contributed by atoms with Gasteiger partial charge in [-0.1, -0.05) is 26.0 Å². The number of rotatable bonds is 7. The van der Waals surface area contributed by atoms with Crippen molar-refractivity contribution in [3.8, 4) is 11.5 Å². The minimum Gasteiger partial charge on any atom is -0.454 e. The Bertz CT molecular complexity index is 842. The number of nitrogens with one attached hydrogen (secondary N) is 1. The third-order valence-corrected chi connectivity index (χ3v) is 4.66. The molecule has 27 heavy (non-hydrogen) atoms. The summed E-state index contributed by atoms with van der Waals surface area (Å²) in [5, 5.41) is 2.81. The van der Waals surface area contributed by atoms with Gasteiger partial charge in [-0.2, -0.15) is 0 Å². The van der Waals surface area contributed by atoms with Crippen molar-refractivity contribution in [2.45, 2.75) is 27.3 Å². The smallest absolute Gasteiger partial charge is 0.255 e. The van der Waals surface area contributed by atoms with Crippen LogP contribution in [0.1, 0.15) is 47.1 Å². The van der Waals surface area contributed by atoms with Gasteiger partial charge in [0.2, 0.25) is 6.79 Å². The van der Waals surface area contributed by atoms with Gasteiger partial charge in [0.15, 0.2) is 17.3 Å². The maximum atomic E-state index is 12.6. The maximum absolute atomic E-state index is 12.6. The van der Waals surface area contributed by atoms with E-state index in [-0.39, 0.29) is 18.5 Å². The van der Waals surface area contributed by atoms with E-state index in [1.807, 2.05) is 12.1 Å². The third kappa shape index (κ3) is 4.28. The molecule has 0 fully saturated rings. The number of benzene rings is 2. The Labute approximate surface area is 159 Å². The van der Waals surface area contributed by atoms with Crippen LogP contribution in [0.3, 0.4) is 0 Å². The first-order valence-corrected chi connectivity index (χ1v) is 9.09. The van der Waals surface area contributed by atoms with Crippen molar-refractivity contribution in [3.05, 3.63) is 53.1 Å². The molecule has 0 unspecified atom stereocenters. The molecule has 0 aliphatic carbocycles. The second-order valence-corrected chi connectivity index (χ2v) is 6.42. The van der Waals surface area contributed by atoms with Crippen LogP contribution in [0.5, 0.6) is 11.5 Å². The van der Waals surface area contributed by atoms with Crippen molar-refractivity contribution in [3.63, 3.8) is 0 Å². The molecule has 0 spiro atoms. The summed E-state index contributed by atoms with van der Waals surface area (Å²) in [4.78, 5) is 26.9. The zero-order valence-corrected chi connectivity index (χ0v) is 15.9. The van der Waals surface area contributed by atoms with Crippen molar-refractivity contribution < 1.29 is 19.1 Å². The number of anilines is 1. The number of nitrogens with zero attached hydrogens (tertiary/aromatic N) is 1. The molecular formula is C21H24N2O4. The first kappa shape index (κ1) is 18.9. The number of carbonyl (C=O) groups is 2. The lowest BCUT2D eigenvalue weighted by molar-refractivity contribution is 0.101. The van der Waals surface area contributed by atoms with Crippen molar-refractivity contribution in [2.24, 2.45) is 0 Å². The molecule has 0 saturated carbocycles. The van der Waals surface area contributed by atoms with Crippen LogP contribution in [0.2, 0.25) is 0 Å². The Balaban J connectivity index is 1.76. The van der Waals surface area contributed by atoms with E-state index in [0.29, 0.717) is 28.3 Å². The number of ether oxygens (including phenoxy) is 2. The quantitative estimate of drug-likeness (QED) is 0.755. The molecule has 0 radical (unpaired) electrons. The first-order chi connectivity index (χ1) is 13.0. The summed E-state index contributed by atoms with van der Waals surface area (Å²) in [5.74, 6) is 0.604. The standard InChI is InChI=1S/C21H24N2O4/c1-4-23(5-2)12-15-6-8-16(9-7-15)21(25)22-18-11-20-19(26-13-27-20)10-17(18)14(3)24/h6-11H,4-5,12-13H2,1-3H3,(H,22,25). The first-order valence-electron chi connectivity index (χ1n) is 9.09. The molecule has 2 aromatic carbocycles. The molecular weight excluding hydrogens is 344 g/mol. The van der Waals surface area contributed by atoms with Gasteiger partial charge in [0.1, 0.15) is 0 Å².